The first-order valence-electron chi connectivity index (χ1n) is 9.02. The number of ether oxygens (including phenoxy) is 1. The van der Waals surface area contributed by atoms with Crippen molar-refractivity contribution in [1.29, 1.82) is 0 Å². The molecule has 0 aliphatic carbocycles. The Kier molecular flexibility index (Phi) is 4.19. The lowest BCUT2D eigenvalue weighted by Crippen LogP contribution is -2.45. The highest BCUT2D eigenvalue weighted by Gasteiger charge is 2.54. The molecule has 1 N–H and O–H groups in total. The van der Waals surface area contributed by atoms with E-state index in [1.807, 2.05) is 6.07 Å². The van der Waals surface area contributed by atoms with Gasteiger partial charge in [-0.15, -0.1) is 0 Å². The monoisotopic (exact) mass is 358 g/mol. The van der Waals surface area contributed by atoms with E-state index in [4.69, 9.17) is 4.74 Å². The number of hydrogen-bond acceptors (Lipinski definition) is 4. The van der Waals surface area contributed by atoms with E-state index in [0.29, 0.717) is 44.7 Å². The third-order valence-electron chi connectivity index (χ3n) is 5.90. The van der Waals surface area contributed by atoms with E-state index >= 15 is 0 Å². The van der Waals surface area contributed by atoms with Crippen molar-refractivity contribution in [1.82, 2.24) is 4.90 Å². The molecule has 7 heteroatoms. The van der Waals surface area contributed by atoms with Gasteiger partial charge in [0.25, 0.3) is 5.91 Å². The van der Waals surface area contributed by atoms with Gasteiger partial charge in [0.15, 0.2) is 0 Å². The number of carbonyl (C=O) groups excluding carboxylic acids is 2. The van der Waals surface area contributed by atoms with E-state index in [1.165, 1.54) is 0 Å². The fourth-order valence-electron chi connectivity index (χ4n) is 4.36. The molecule has 1 aromatic rings. The molecule has 3 heterocycles. The number of rotatable bonds is 3. The second-order valence-corrected chi connectivity index (χ2v) is 7.37. The molecule has 7 nitrogen and oxygen atoms in total. The van der Waals surface area contributed by atoms with E-state index in [-0.39, 0.29) is 24.3 Å². The van der Waals surface area contributed by atoms with Gasteiger partial charge in [-0.1, -0.05) is 6.07 Å². The topological polar surface area (TPSA) is 87.2 Å². The van der Waals surface area contributed by atoms with Crippen LogP contribution in [-0.2, 0) is 14.3 Å². The molecular weight excluding hydrogens is 336 g/mol. The van der Waals surface area contributed by atoms with Crippen LogP contribution in [0.1, 0.15) is 29.6 Å². The van der Waals surface area contributed by atoms with Crippen molar-refractivity contribution in [3.05, 3.63) is 29.8 Å². The number of hydrogen-bond donors (Lipinski definition) is 1. The molecule has 0 aromatic heterocycles. The minimum Gasteiger partial charge on any atom is -0.481 e. The third-order valence-corrected chi connectivity index (χ3v) is 5.90. The average Bonchev–Trinajstić information content (AvgIpc) is 3.25. The first-order chi connectivity index (χ1) is 12.5. The minimum atomic E-state index is -0.906. The van der Waals surface area contributed by atoms with Gasteiger partial charge in [-0.25, -0.2) is 0 Å². The molecule has 3 aliphatic rings. The Balaban J connectivity index is 1.57. The van der Waals surface area contributed by atoms with Gasteiger partial charge in [-0.05, 0) is 31.0 Å². The van der Waals surface area contributed by atoms with E-state index < -0.39 is 11.4 Å². The standard InChI is InChI=1S/C19H22N2O5/c22-16-5-2-7-21(16)15-4-1-3-13(9-15)17(23)20-10-14-11-26-8-6-19(14,12-20)18(24)25/h1,3-4,9,14H,2,5-8,10-12H2,(H,24,25)/t14-,19+/m0/s1. The lowest BCUT2D eigenvalue weighted by atomic mass is 9.74. The van der Waals surface area contributed by atoms with Gasteiger partial charge in [-0.3, -0.25) is 14.4 Å². The molecule has 2 amide bonds. The van der Waals surface area contributed by atoms with Crippen LogP contribution in [0.2, 0.25) is 0 Å². The molecule has 26 heavy (non-hydrogen) atoms. The summed E-state index contributed by atoms with van der Waals surface area (Å²) >= 11 is 0. The number of aliphatic carboxylic acids is 1. The summed E-state index contributed by atoms with van der Waals surface area (Å²) in [6, 6.07) is 7.06. The molecule has 138 valence electrons. The van der Waals surface area contributed by atoms with Gasteiger partial charge in [0.05, 0.1) is 12.0 Å². The zero-order chi connectivity index (χ0) is 18.3. The summed E-state index contributed by atoms with van der Waals surface area (Å²) in [5.74, 6) is -1.14. The van der Waals surface area contributed by atoms with Gasteiger partial charge in [-0.2, -0.15) is 0 Å². The summed E-state index contributed by atoms with van der Waals surface area (Å²) < 4.78 is 5.45. The van der Waals surface area contributed by atoms with Crippen LogP contribution < -0.4 is 4.90 Å². The number of amides is 2. The van der Waals surface area contributed by atoms with Gasteiger partial charge < -0.3 is 19.6 Å². The van der Waals surface area contributed by atoms with Crippen molar-refractivity contribution >= 4 is 23.5 Å². The zero-order valence-electron chi connectivity index (χ0n) is 14.5. The lowest BCUT2D eigenvalue weighted by Gasteiger charge is -2.33. The van der Waals surface area contributed by atoms with Crippen LogP contribution in [0.4, 0.5) is 5.69 Å². The molecule has 4 rings (SSSR count). The van der Waals surface area contributed by atoms with E-state index in [2.05, 4.69) is 0 Å². The van der Waals surface area contributed by atoms with Gasteiger partial charge in [0.2, 0.25) is 5.91 Å². The molecule has 0 saturated carbocycles. The van der Waals surface area contributed by atoms with E-state index in [1.54, 1.807) is 28.0 Å². The highest BCUT2D eigenvalue weighted by Crippen LogP contribution is 2.43. The number of carboxylic acid groups (broad SMARTS) is 1. The maximum atomic E-state index is 13.0. The van der Waals surface area contributed by atoms with E-state index in [0.717, 1.165) is 12.1 Å². The summed E-state index contributed by atoms with van der Waals surface area (Å²) in [4.78, 5) is 40.2. The fourth-order valence-corrected chi connectivity index (χ4v) is 4.36. The zero-order valence-corrected chi connectivity index (χ0v) is 14.5. The van der Waals surface area contributed by atoms with Crippen LogP contribution in [0.15, 0.2) is 24.3 Å². The van der Waals surface area contributed by atoms with Crippen molar-refractivity contribution in [3.8, 4) is 0 Å². The summed E-state index contributed by atoms with van der Waals surface area (Å²) in [6.07, 6.45) is 1.79. The number of carboxylic acids is 1. The van der Waals surface area contributed by atoms with Crippen molar-refractivity contribution < 1.29 is 24.2 Å². The number of nitrogens with zero attached hydrogens (tertiary/aromatic N) is 2. The van der Waals surface area contributed by atoms with Crippen LogP contribution in [-0.4, -0.2) is 60.6 Å². The quantitative estimate of drug-likeness (QED) is 0.882. The Morgan fingerprint density at radius 2 is 2.15 bits per heavy atom. The molecule has 0 bridgehead atoms. The first kappa shape index (κ1) is 17.0. The molecule has 0 unspecified atom stereocenters. The molecule has 2 atom stereocenters. The Labute approximate surface area is 151 Å². The summed E-state index contributed by atoms with van der Waals surface area (Å²) in [7, 11) is 0. The predicted molar refractivity (Wildman–Crippen MR) is 92.9 cm³/mol. The molecule has 1 aromatic carbocycles. The van der Waals surface area contributed by atoms with Crippen LogP contribution in [0.25, 0.3) is 0 Å². The molecule has 0 spiro atoms. The van der Waals surface area contributed by atoms with Crippen molar-refractivity contribution in [2.45, 2.75) is 19.3 Å². The molecule has 3 fully saturated rings. The Morgan fingerprint density at radius 1 is 1.31 bits per heavy atom. The summed E-state index contributed by atoms with van der Waals surface area (Å²) in [5, 5.41) is 9.75. The largest absolute Gasteiger partial charge is 0.481 e. The van der Waals surface area contributed by atoms with Gasteiger partial charge in [0.1, 0.15) is 0 Å². The van der Waals surface area contributed by atoms with Crippen molar-refractivity contribution in [3.63, 3.8) is 0 Å². The normalized spacial score (nSPS) is 28.3. The molecule has 3 saturated heterocycles. The fraction of sp³-hybridized carbons (Fsp3) is 0.526. The Morgan fingerprint density at radius 3 is 2.85 bits per heavy atom. The maximum absolute atomic E-state index is 13.0. The third kappa shape index (κ3) is 2.67. The number of likely N-dealkylation sites (tertiary alicyclic amines) is 1. The maximum Gasteiger partial charge on any atom is 0.311 e. The average molecular weight is 358 g/mol. The number of carbonyl (C=O) groups is 3. The molecule has 0 radical (unpaired) electrons. The number of fused-ring (bicyclic) bond motifs is 1. The van der Waals surface area contributed by atoms with Gasteiger partial charge in [0, 0.05) is 49.8 Å². The molecule has 3 aliphatic heterocycles. The van der Waals surface area contributed by atoms with Crippen molar-refractivity contribution in [2.24, 2.45) is 11.3 Å². The minimum absolute atomic E-state index is 0.0729. The smallest absolute Gasteiger partial charge is 0.311 e. The lowest BCUT2D eigenvalue weighted by molar-refractivity contribution is -0.157. The summed E-state index contributed by atoms with van der Waals surface area (Å²) in [6.45, 7) is 2.05. The SMILES string of the molecule is O=C(c1cccc(N2CCCC2=O)c1)N1C[C@H]2COCC[C@@]2(C(=O)O)C1. The summed E-state index contributed by atoms with van der Waals surface area (Å²) in [5.41, 5.74) is 0.310. The van der Waals surface area contributed by atoms with Crippen molar-refractivity contribution in [2.75, 3.05) is 37.7 Å². The Bertz CT molecular complexity index is 764. The Hall–Kier alpha value is -2.41. The van der Waals surface area contributed by atoms with Gasteiger partial charge >= 0.3 is 5.97 Å². The van der Waals surface area contributed by atoms with Crippen LogP contribution in [0.3, 0.4) is 0 Å². The highest BCUT2D eigenvalue weighted by molar-refractivity contribution is 5.99. The van der Waals surface area contributed by atoms with Crippen LogP contribution in [0, 0.1) is 11.3 Å². The molecular formula is C19H22N2O5. The van der Waals surface area contributed by atoms with Crippen LogP contribution >= 0.6 is 0 Å². The predicted octanol–water partition coefficient (Wildman–Crippen LogP) is 1.38. The first-order valence-corrected chi connectivity index (χ1v) is 9.02. The number of benzene rings is 1. The second kappa shape index (κ2) is 6.39. The number of anilines is 1. The highest BCUT2D eigenvalue weighted by atomic mass is 16.5. The van der Waals surface area contributed by atoms with Crippen LogP contribution in [0.5, 0.6) is 0 Å². The van der Waals surface area contributed by atoms with E-state index in [9.17, 15) is 19.5 Å². The second-order valence-electron chi connectivity index (χ2n) is 7.37.